The van der Waals surface area contributed by atoms with E-state index in [1.54, 1.807) is 13.0 Å². The maximum absolute atomic E-state index is 12.1. The van der Waals surface area contributed by atoms with E-state index in [9.17, 15) is 34.8 Å². The first kappa shape index (κ1) is 22.3. The molecule has 158 valence electrons. The van der Waals surface area contributed by atoms with Crippen molar-refractivity contribution in [1.29, 1.82) is 0 Å². The van der Waals surface area contributed by atoms with Crippen LogP contribution in [0.25, 0.3) is 6.08 Å². The summed E-state index contributed by atoms with van der Waals surface area (Å²) in [7, 11) is 0. The molecule has 0 radical (unpaired) electrons. The largest absolute Gasteiger partial charge is 0.507 e. The average Bonchev–Trinajstić information content (AvgIpc) is 2.66. The van der Waals surface area contributed by atoms with Gasteiger partial charge in [-0.2, -0.15) is 0 Å². The minimum absolute atomic E-state index is 0.112. The highest BCUT2D eigenvalue weighted by Gasteiger charge is 2.22. The smallest absolute Gasteiger partial charge is 0.345 e. The van der Waals surface area contributed by atoms with Crippen LogP contribution in [0.5, 0.6) is 17.2 Å². The summed E-state index contributed by atoms with van der Waals surface area (Å²) >= 11 is 0. The second kappa shape index (κ2) is 9.46. The maximum Gasteiger partial charge on any atom is 0.345 e. The number of hydrogen-bond donors (Lipinski definition) is 5. The van der Waals surface area contributed by atoms with Crippen LogP contribution in [0.1, 0.15) is 22.3 Å². The van der Waals surface area contributed by atoms with Crippen LogP contribution in [0, 0.1) is 6.92 Å². The van der Waals surface area contributed by atoms with Gasteiger partial charge in [-0.3, -0.25) is 4.79 Å². The summed E-state index contributed by atoms with van der Waals surface area (Å²) in [5.74, 6) is -4.59. The van der Waals surface area contributed by atoms with Gasteiger partial charge in [-0.25, -0.2) is 9.59 Å². The highest BCUT2D eigenvalue weighted by atomic mass is 16.6. The van der Waals surface area contributed by atoms with E-state index in [4.69, 9.17) is 9.84 Å². The highest BCUT2D eigenvalue weighted by Crippen LogP contribution is 2.28. The lowest BCUT2D eigenvalue weighted by atomic mass is 9.99. The summed E-state index contributed by atoms with van der Waals surface area (Å²) < 4.78 is 4.93. The van der Waals surface area contributed by atoms with E-state index in [-0.39, 0.29) is 29.0 Å². The number of phenolic OH excluding ortho intramolecular Hbond substituents is 3. The number of carboxylic acids is 2. The molecule has 9 nitrogen and oxygen atoms in total. The molecule has 0 unspecified atom stereocenters. The lowest BCUT2D eigenvalue weighted by Crippen LogP contribution is -2.28. The molecule has 0 aliphatic carbocycles. The molecule has 0 saturated carbocycles. The third-order valence-corrected chi connectivity index (χ3v) is 4.24. The van der Waals surface area contributed by atoms with Crippen LogP contribution in [-0.2, 0) is 32.0 Å². The average molecular weight is 416 g/mol. The van der Waals surface area contributed by atoms with Crippen LogP contribution in [0.4, 0.5) is 0 Å². The van der Waals surface area contributed by atoms with Crippen molar-refractivity contribution in [2.45, 2.75) is 25.9 Å². The molecule has 0 aliphatic rings. The van der Waals surface area contributed by atoms with Crippen molar-refractivity contribution in [1.82, 2.24) is 0 Å². The number of rotatable bonds is 8. The van der Waals surface area contributed by atoms with Crippen molar-refractivity contribution in [2.24, 2.45) is 0 Å². The van der Waals surface area contributed by atoms with Gasteiger partial charge in [-0.1, -0.05) is 18.2 Å². The Hall–Kier alpha value is -4.01. The number of aromatic hydroxyl groups is 3. The van der Waals surface area contributed by atoms with Gasteiger partial charge in [0.25, 0.3) is 0 Å². The van der Waals surface area contributed by atoms with E-state index in [0.717, 1.165) is 12.1 Å². The van der Waals surface area contributed by atoms with Crippen LogP contribution in [-0.4, -0.2) is 49.5 Å². The number of esters is 1. The fourth-order valence-corrected chi connectivity index (χ4v) is 2.69. The highest BCUT2D eigenvalue weighted by molar-refractivity contribution is 5.90. The standard InChI is InChI=1S/C21H20O9/c1-11-2-4-13(14(20(11)27)10-18(24)25)5-7-19(26)30-17(21(28)29)9-12-3-6-15(22)16(23)8-12/h2-8,17,22-23,27H,9-10H2,1H3,(H,24,25)(H,28,29)/t17-/m0/s1. The van der Waals surface area contributed by atoms with Crippen molar-refractivity contribution in [3.05, 3.63) is 58.7 Å². The fourth-order valence-electron chi connectivity index (χ4n) is 2.69. The van der Waals surface area contributed by atoms with E-state index in [0.29, 0.717) is 11.1 Å². The Balaban J connectivity index is 2.17. The number of carboxylic acid groups (broad SMARTS) is 2. The van der Waals surface area contributed by atoms with Gasteiger partial charge in [0, 0.05) is 18.1 Å². The molecular weight excluding hydrogens is 396 g/mol. The van der Waals surface area contributed by atoms with Gasteiger partial charge in [-0.15, -0.1) is 0 Å². The molecule has 30 heavy (non-hydrogen) atoms. The molecule has 2 rings (SSSR count). The van der Waals surface area contributed by atoms with E-state index >= 15 is 0 Å². The third kappa shape index (κ3) is 5.74. The molecule has 0 aromatic heterocycles. The number of aryl methyl sites for hydroxylation is 1. The molecular formula is C21H20O9. The number of benzene rings is 2. The van der Waals surface area contributed by atoms with Gasteiger partial charge < -0.3 is 30.3 Å². The van der Waals surface area contributed by atoms with Gasteiger partial charge in [0.05, 0.1) is 6.42 Å². The first-order valence-corrected chi connectivity index (χ1v) is 8.74. The zero-order valence-electron chi connectivity index (χ0n) is 15.9. The minimum Gasteiger partial charge on any atom is -0.507 e. The van der Waals surface area contributed by atoms with Crippen LogP contribution in [0.2, 0.25) is 0 Å². The second-order valence-corrected chi connectivity index (χ2v) is 6.49. The summed E-state index contributed by atoms with van der Waals surface area (Å²) in [5, 5.41) is 47.2. The zero-order chi connectivity index (χ0) is 22.4. The molecule has 0 fully saturated rings. The summed E-state index contributed by atoms with van der Waals surface area (Å²) in [6.45, 7) is 1.60. The molecule has 0 saturated heterocycles. The Labute approximate surface area is 171 Å². The lowest BCUT2D eigenvalue weighted by molar-refractivity contribution is -0.160. The number of hydrogen-bond acceptors (Lipinski definition) is 7. The van der Waals surface area contributed by atoms with Crippen LogP contribution in [0.15, 0.2) is 36.4 Å². The monoisotopic (exact) mass is 416 g/mol. The summed E-state index contributed by atoms with van der Waals surface area (Å²) in [5.41, 5.74) is 1.17. The van der Waals surface area contributed by atoms with Gasteiger partial charge in [0.15, 0.2) is 11.5 Å². The van der Waals surface area contributed by atoms with E-state index < -0.39 is 36.2 Å². The van der Waals surface area contributed by atoms with Gasteiger partial charge >= 0.3 is 17.9 Å². The molecule has 2 aromatic carbocycles. The normalized spacial score (nSPS) is 11.9. The Bertz CT molecular complexity index is 1010. The summed E-state index contributed by atoms with van der Waals surface area (Å²) in [6, 6.07) is 6.78. The molecule has 0 aliphatic heterocycles. The Morgan fingerprint density at radius 2 is 1.73 bits per heavy atom. The topological polar surface area (TPSA) is 162 Å². The minimum atomic E-state index is -1.56. The predicted octanol–water partition coefficient (Wildman–Crippen LogP) is 1.99. The van der Waals surface area contributed by atoms with Crippen molar-refractivity contribution in [3.8, 4) is 17.2 Å². The van der Waals surface area contributed by atoms with E-state index in [1.165, 1.54) is 24.3 Å². The first-order chi connectivity index (χ1) is 14.1. The molecule has 0 spiro atoms. The molecule has 0 bridgehead atoms. The van der Waals surface area contributed by atoms with Crippen molar-refractivity contribution >= 4 is 24.0 Å². The van der Waals surface area contributed by atoms with E-state index in [2.05, 4.69) is 0 Å². The SMILES string of the molecule is Cc1ccc(C=CC(=O)O[C@@H](Cc2ccc(O)c(O)c2)C(=O)O)c(CC(=O)O)c1O. The summed E-state index contributed by atoms with van der Waals surface area (Å²) in [6.07, 6.45) is -0.121. The lowest BCUT2D eigenvalue weighted by Gasteiger charge is -2.13. The second-order valence-electron chi connectivity index (χ2n) is 6.49. The molecule has 0 heterocycles. The molecule has 1 atom stereocenters. The van der Waals surface area contributed by atoms with Gasteiger partial charge in [0.2, 0.25) is 6.10 Å². The van der Waals surface area contributed by atoms with Crippen LogP contribution in [0.3, 0.4) is 0 Å². The molecule has 9 heteroatoms. The summed E-state index contributed by atoms with van der Waals surface area (Å²) in [4.78, 5) is 34.5. The maximum atomic E-state index is 12.1. The van der Waals surface area contributed by atoms with Gasteiger partial charge in [-0.05, 0) is 41.8 Å². The zero-order valence-corrected chi connectivity index (χ0v) is 15.9. The predicted molar refractivity (Wildman–Crippen MR) is 104 cm³/mol. The number of ether oxygens (including phenoxy) is 1. The van der Waals surface area contributed by atoms with Crippen molar-refractivity contribution in [3.63, 3.8) is 0 Å². The Morgan fingerprint density at radius 3 is 2.33 bits per heavy atom. The quantitative estimate of drug-likeness (QED) is 0.246. The van der Waals surface area contributed by atoms with Crippen molar-refractivity contribution < 1.29 is 44.7 Å². The molecule has 5 N–H and O–H groups in total. The van der Waals surface area contributed by atoms with Crippen LogP contribution < -0.4 is 0 Å². The third-order valence-electron chi connectivity index (χ3n) is 4.24. The fraction of sp³-hybridized carbons (Fsp3) is 0.190. The molecule has 0 amide bonds. The Kier molecular flexibility index (Phi) is 7.03. The number of carbonyl (C=O) groups is 3. The van der Waals surface area contributed by atoms with Crippen molar-refractivity contribution in [2.75, 3.05) is 0 Å². The number of aliphatic carboxylic acids is 2. The number of phenols is 3. The number of carbonyl (C=O) groups excluding carboxylic acids is 1. The van der Waals surface area contributed by atoms with E-state index in [1.807, 2.05) is 0 Å². The molecule has 2 aromatic rings. The van der Waals surface area contributed by atoms with Gasteiger partial charge in [0.1, 0.15) is 5.75 Å². The Morgan fingerprint density at radius 1 is 1.03 bits per heavy atom. The van der Waals surface area contributed by atoms with Crippen LogP contribution >= 0.6 is 0 Å². The first-order valence-electron chi connectivity index (χ1n) is 8.74.